The molecule has 0 aromatic carbocycles. The van der Waals surface area contributed by atoms with E-state index in [-0.39, 0.29) is 38.6 Å². The van der Waals surface area contributed by atoms with Gasteiger partial charge in [-0.2, -0.15) is 7.82 Å². The summed E-state index contributed by atoms with van der Waals surface area (Å²) in [4.78, 5) is 25.6. The zero-order valence-corrected chi connectivity index (χ0v) is 5.45. The molecule has 0 spiro atoms. The van der Waals surface area contributed by atoms with E-state index in [9.17, 15) is 0 Å². The molecule has 0 aromatic heterocycles. The summed E-state index contributed by atoms with van der Waals surface area (Å²) in [5.74, 6) is 0. The second kappa shape index (κ2) is 3.40. The minimum absolute atomic E-state index is 0. The molecule has 0 bridgehead atoms. The maximum atomic E-state index is 8.55. The van der Waals surface area contributed by atoms with E-state index in [1.54, 1.807) is 0 Å². The fraction of sp³-hybridized carbons (Fsp3) is 0. The monoisotopic (exact) mass is 254 g/mol. The summed E-state index contributed by atoms with van der Waals surface area (Å²) in [5.41, 5.74) is 0. The molecule has 0 rings (SSSR count). The van der Waals surface area contributed by atoms with Crippen molar-refractivity contribution in [2.24, 2.45) is 0 Å². The van der Waals surface area contributed by atoms with Crippen LogP contribution in [0, 0.1) is 38.6 Å². The largest absolute Gasteiger partial charge is 3.00 e. The van der Waals surface area contributed by atoms with Gasteiger partial charge in [-0.1, -0.05) is 0 Å². The third kappa shape index (κ3) is 53.5. The summed E-state index contributed by atoms with van der Waals surface area (Å²) in [6.45, 7) is 0. The molecule has 6 heavy (non-hydrogen) atoms. The van der Waals surface area contributed by atoms with Crippen LogP contribution in [0.5, 0.6) is 0 Å². The van der Waals surface area contributed by atoms with Gasteiger partial charge in [0.2, 0.25) is 0 Å². The van der Waals surface area contributed by atoms with Crippen LogP contribution in [0.25, 0.3) is 0 Å². The molecule has 0 aliphatic carbocycles. The maximum Gasteiger partial charge on any atom is 3.00 e. The Balaban J connectivity index is 0. The topological polar surface area (TPSA) is 86.2 Å². The van der Waals surface area contributed by atoms with Gasteiger partial charge in [0, 0.05) is 0 Å². The Morgan fingerprint density at radius 3 is 1.17 bits per heavy atom. The normalized spacial score (nSPS) is 9.83. The van der Waals surface area contributed by atoms with Crippen LogP contribution in [-0.4, -0.2) is 0 Å². The summed E-state index contributed by atoms with van der Waals surface area (Å²) in [5, 5.41) is 0. The summed E-state index contributed by atoms with van der Waals surface area (Å²) >= 11 is 0. The first-order valence-corrected chi connectivity index (χ1v) is 2.19. The molecule has 0 heterocycles. The maximum absolute atomic E-state index is 8.55. The Hall–Kier alpha value is 1.40. The molecule has 0 unspecified atom stereocenters. The SMILES string of the molecule is O=P([O-])([O-])[O-].[Tb+3]. The number of hydrogen-bond donors (Lipinski definition) is 0. The van der Waals surface area contributed by atoms with Gasteiger partial charge < -0.3 is 19.2 Å². The van der Waals surface area contributed by atoms with Gasteiger partial charge in [-0.25, -0.2) is 0 Å². The molecule has 0 aliphatic heterocycles. The molecular formula is O4PTb. The van der Waals surface area contributed by atoms with Crippen LogP contribution in [0.3, 0.4) is 0 Å². The third-order valence-electron chi connectivity index (χ3n) is 0. The minimum Gasteiger partial charge on any atom is -0.822 e. The van der Waals surface area contributed by atoms with E-state index in [0.717, 1.165) is 0 Å². The first kappa shape index (κ1) is 10.4. The van der Waals surface area contributed by atoms with Crippen molar-refractivity contribution in [1.82, 2.24) is 0 Å². The molecular weight excluding hydrogens is 254 g/mol. The van der Waals surface area contributed by atoms with Crippen LogP contribution in [0.1, 0.15) is 0 Å². The molecule has 6 heteroatoms. The first-order valence-electron chi connectivity index (χ1n) is 0.730. The second-order valence-corrected chi connectivity index (χ2v) is 1.34. The molecule has 0 N–H and O–H groups in total. The van der Waals surface area contributed by atoms with Crippen LogP contribution < -0.4 is 14.7 Å². The van der Waals surface area contributed by atoms with E-state index in [2.05, 4.69) is 0 Å². The van der Waals surface area contributed by atoms with Crippen molar-refractivity contribution >= 4 is 7.82 Å². The number of rotatable bonds is 0. The average molecular weight is 254 g/mol. The van der Waals surface area contributed by atoms with E-state index in [4.69, 9.17) is 19.2 Å². The molecule has 38 valence electrons. The van der Waals surface area contributed by atoms with Gasteiger partial charge in [-0.15, -0.1) is 0 Å². The predicted octanol–water partition coefficient (Wildman–Crippen LogP) is -2.82. The summed E-state index contributed by atoms with van der Waals surface area (Å²) in [7, 11) is -5.39. The van der Waals surface area contributed by atoms with Gasteiger partial charge in [0.05, 0.1) is 0 Å². The van der Waals surface area contributed by atoms with Crippen LogP contribution in [-0.2, 0) is 4.57 Å². The van der Waals surface area contributed by atoms with Crippen LogP contribution in [0.4, 0.5) is 0 Å². The Bertz CT molecular complexity index is 53.7. The minimum atomic E-state index is -5.39. The molecule has 0 aliphatic rings. The Morgan fingerprint density at radius 1 is 1.17 bits per heavy atom. The predicted molar refractivity (Wildman–Crippen MR) is 7.61 cm³/mol. The fourth-order valence-electron chi connectivity index (χ4n) is 0. The number of phosphoric acid groups is 1. The summed E-state index contributed by atoms with van der Waals surface area (Å²) < 4.78 is 8.55. The molecule has 0 saturated heterocycles. The molecule has 4 nitrogen and oxygen atoms in total. The quantitative estimate of drug-likeness (QED) is 0.436. The smallest absolute Gasteiger partial charge is 0.822 e. The van der Waals surface area contributed by atoms with E-state index < -0.39 is 7.82 Å². The molecule has 0 aromatic rings. The van der Waals surface area contributed by atoms with Crippen LogP contribution in [0.2, 0.25) is 0 Å². The van der Waals surface area contributed by atoms with Gasteiger partial charge in [0.1, 0.15) is 0 Å². The van der Waals surface area contributed by atoms with Crippen molar-refractivity contribution in [1.29, 1.82) is 0 Å². The molecule has 0 atom stereocenters. The van der Waals surface area contributed by atoms with Crippen molar-refractivity contribution in [3.8, 4) is 0 Å². The summed E-state index contributed by atoms with van der Waals surface area (Å²) in [6.07, 6.45) is 0. The zero-order valence-electron chi connectivity index (χ0n) is 2.41. The molecule has 0 fully saturated rings. The average Bonchev–Trinajstić information content (AvgIpc) is 0.722. The second-order valence-electron chi connectivity index (χ2n) is 0.447. The van der Waals surface area contributed by atoms with E-state index >= 15 is 0 Å². The van der Waals surface area contributed by atoms with E-state index in [0.29, 0.717) is 0 Å². The summed E-state index contributed by atoms with van der Waals surface area (Å²) in [6, 6.07) is 0. The van der Waals surface area contributed by atoms with Crippen molar-refractivity contribution in [2.45, 2.75) is 0 Å². The van der Waals surface area contributed by atoms with Crippen molar-refractivity contribution in [2.75, 3.05) is 0 Å². The number of hydrogen-bond acceptors (Lipinski definition) is 4. The molecule has 0 saturated carbocycles. The van der Waals surface area contributed by atoms with Crippen molar-refractivity contribution < 1.29 is 57.9 Å². The molecule has 0 radical (unpaired) electrons. The first-order chi connectivity index (χ1) is 2.00. The Kier molecular flexibility index (Phi) is 5.90. The van der Waals surface area contributed by atoms with Crippen molar-refractivity contribution in [3.05, 3.63) is 0 Å². The Morgan fingerprint density at radius 2 is 1.17 bits per heavy atom. The van der Waals surface area contributed by atoms with Crippen molar-refractivity contribution in [3.63, 3.8) is 0 Å². The van der Waals surface area contributed by atoms with Crippen LogP contribution >= 0.6 is 7.82 Å². The Labute approximate surface area is 65.2 Å². The molecule has 0 amide bonds. The fourth-order valence-corrected chi connectivity index (χ4v) is 0. The van der Waals surface area contributed by atoms with Gasteiger partial charge in [-0.05, 0) is 0 Å². The van der Waals surface area contributed by atoms with Crippen LogP contribution in [0.15, 0.2) is 0 Å². The van der Waals surface area contributed by atoms with Gasteiger partial charge in [-0.3, -0.25) is 0 Å². The zero-order chi connectivity index (χ0) is 4.50. The third-order valence-corrected chi connectivity index (χ3v) is 0. The van der Waals surface area contributed by atoms with E-state index in [1.807, 2.05) is 0 Å². The van der Waals surface area contributed by atoms with Gasteiger partial charge in [0.25, 0.3) is 0 Å². The van der Waals surface area contributed by atoms with E-state index in [1.165, 1.54) is 0 Å². The standard InChI is InChI=1S/H3O4P.Tb/c1-5(2,3)4;/h(H3,1,2,3,4);/q;+3/p-3. The van der Waals surface area contributed by atoms with Gasteiger partial charge >= 0.3 is 38.6 Å². The van der Waals surface area contributed by atoms with Gasteiger partial charge in [0.15, 0.2) is 0 Å².